The molecule has 3 amide bonds. The summed E-state index contributed by atoms with van der Waals surface area (Å²) < 4.78 is 44.6. The quantitative estimate of drug-likeness (QED) is 0.178. The molecule has 5 unspecified atom stereocenters. The van der Waals surface area contributed by atoms with Crippen LogP contribution in [0.1, 0.15) is 53.4 Å². The van der Waals surface area contributed by atoms with E-state index in [0.717, 1.165) is 0 Å². The zero-order chi connectivity index (χ0) is 35.2. The topological polar surface area (TPSA) is 192 Å². The summed E-state index contributed by atoms with van der Waals surface area (Å²) in [7, 11) is -2.36. The molecule has 1 aromatic heterocycles. The summed E-state index contributed by atoms with van der Waals surface area (Å²) >= 11 is 6.29. The maximum Gasteiger partial charge on any atom is 0.283 e. The van der Waals surface area contributed by atoms with Gasteiger partial charge in [-0.3, -0.25) is 19.1 Å². The van der Waals surface area contributed by atoms with E-state index in [1.807, 2.05) is 0 Å². The average Bonchev–Trinajstić information content (AvgIpc) is 3.92. The fraction of sp³-hybridized carbons (Fsp3) is 0.531. The van der Waals surface area contributed by atoms with E-state index in [1.165, 1.54) is 31.2 Å². The van der Waals surface area contributed by atoms with Crippen molar-refractivity contribution in [1.82, 2.24) is 19.9 Å². The molecule has 0 bridgehead atoms. The molecular formula is C32H41ClN6O8S. The van der Waals surface area contributed by atoms with E-state index in [0.29, 0.717) is 34.4 Å². The molecule has 3 aliphatic rings. The number of likely N-dealkylation sites (tertiary alicyclic amines) is 1. The predicted octanol–water partition coefficient (Wildman–Crippen LogP) is 2.43. The molecule has 5 atom stereocenters. The number of hydrogen-bond acceptors (Lipinski definition) is 10. The molecule has 1 aliphatic heterocycles. The van der Waals surface area contributed by atoms with Crippen molar-refractivity contribution < 1.29 is 37.0 Å². The van der Waals surface area contributed by atoms with E-state index in [2.05, 4.69) is 26.6 Å². The fourth-order valence-electron chi connectivity index (χ4n) is 5.80. The highest BCUT2D eigenvalue weighted by Crippen LogP contribution is 2.45. The van der Waals surface area contributed by atoms with Crippen LogP contribution in [-0.4, -0.2) is 90.3 Å². The predicted molar refractivity (Wildman–Crippen MR) is 179 cm³/mol. The molecule has 1 aromatic carbocycles. The Hall–Kier alpha value is -4.11. The highest BCUT2D eigenvalue weighted by atomic mass is 35.5. The molecule has 3 fully saturated rings. The van der Waals surface area contributed by atoms with Crippen molar-refractivity contribution in [3.8, 4) is 11.6 Å². The van der Waals surface area contributed by atoms with Gasteiger partial charge in [0.05, 0.1) is 25.1 Å². The Morgan fingerprint density at radius 1 is 1.25 bits per heavy atom. The van der Waals surface area contributed by atoms with Crippen LogP contribution in [0.3, 0.4) is 0 Å². The first-order valence-corrected chi connectivity index (χ1v) is 17.5. The van der Waals surface area contributed by atoms with Crippen LogP contribution in [0.25, 0.3) is 10.8 Å². The minimum atomic E-state index is -3.88. The lowest BCUT2D eigenvalue weighted by Gasteiger charge is -2.28. The lowest BCUT2D eigenvalue weighted by Crippen LogP contribution is -2.57. The monoisotopic (exact) mass is 704 g/mol. The number of rotatable bonds is 11. The molecule has 0 spiro atoms. The number of fused-ring (bicyclic) bond motifs is 1. The molecule has 5 rings (SSSR count). The molecular weight excluding hydrogens is 664 g/mol. The van der Waals surface area contributed by atoms with Crippen LogP contribution in [0.2, 0.25) is 5.02 Å². The van der Waals surface area contributed by atoms with E-state index in [4.69, 9.17) is 31.5 Å². The summed E-state index contributed by atoms with van der Waals surface area (Å²) in [5.74, 6) is -1.83. The number of hydrogen-bond donors (Lipinski definition) is 3. The van der Waals surface area contributed by atoms with Crippen molar-refractivity contribution in [2.75, 3.05) is 13.7 Å². The Labute approximate surface area is 284 Å². The van der Waals surface area contributed by atoms with Crippen LogP contribution >= 0.6 is 11.6 Å². The van der Waals surface area contributed by atoms with Gasteiger partial charge in [0.2, 0.25) is 27.7 Å². The van der Waals surface area contributed by atoms with Crippen LogP contribution in [-0.2, 0) is 29.1 Å². The molecule has 2 heterocycles. The van der Waals surface area contributed by atoms with Gasteiger partial charge in [-0.25, -0.2) is 18.4 Å². The summed E-state index contributed by atoms with van der Waals surface area (Å²) in [6.07, 6.45) is 3.37. The van der Waals surface area contributed by atoms with Gasteiger partial charge in [-0.2, -0.15) is 0 Å². The highest BCUT2D eigenvalue weighted by Gasteiger charge is 2.62. The largest absolute Gasteiger partial charge is 0.494 e. The Morgan fingerprint density at radius 3 is 2.56 bits per heavy atom. The Balaban J connectivity index is 1.42. The third-order valence-electron chi connectivity index (χ3n) is 8.46. The van der Waals surface area contributed by atoms with Crippen molar-refractivity contribution in [2.45, 2.75) is 88.0 Å². The zero-order valence-corrected chi connectivity index (χ0v) is 29.1. The van der Waals surface area contributed by atoms with Crippen LogP contribution in [0.5, 0.6) is 11.6 Å². The SMILES string of the molecule is C=CC1CC1(NC(=O)C1CC(Oc2ncc(OC)c3ccc(Cl)cc23)CN1C(=O)C(C)N=C(N)OC(C)(C)C)C(=O)NS(=O)(=O)C1CC1. The molecule has 48 heavy (non-hydrogen) atoms. The number of nitrogens with one attached hydrogen (secondary N) is 2. The maximum atomic E-state index is 14.0. The second-order valence-corrected chi connectivity index (χ2v) is 15.7. The van der Waals surface area contributed by atoms with Gasteiger partial charge in [0.1, 0.15) is 35.1 Å². The molecule has 1 saturated heterocycles. The first kappa shape index (κ1) is 35.2. The second-order valence-electron chi connectivity index (χ2n) is 13.3. The van der Waals surface area contributed by atoms with E-state index < -0.39 is 68.2 Å². The van der Waals surface area contributed by atoms with Crippen LogP contribution in [0, 0.1) is 5.92 Å². The van der Waals surface area contributed by atoms with Gasteiger partial charge in [-0.15, -0.1) is 6.58 Å². The number of nitrogens with two attached hydrogens (primary N) is 1. The number of aromatic nitrogens is 1. The number of amidine groups is 1. The minimum Gasteiger partial charge on any atom is -0.494 e. The number of carbonyl (C=O) groups is 3. The standard InChI is InChI=1S/C32H41ClN6O8S/c1-7-18-14-32(18,29(42)38-48(43,44)21-9-10-21)37-26(40)24-13-20(16-39(24)28(41)17(2)36-30(34)47-31(3,4)5)46-27-23-12-19(33)8-11-22(23)25(45-6)15-35-27/h7-8,11-12,15,17-18,20-21,24H,1,9-10,13-14,16H2,2-6H3,(H2,34,36)(H,37,40)(H,38,42). The van der Waals surface area contributed by atoms with Crippen LogP contribution in [0.15, 0.2) is 42.0 Å². The number of halogens is 1. The Morgan fingerprint density at radius 2 is 1.96 bits per heavy atom. The van der Waals surface area contributed by atoms with Crippen molar-refractivity contribution in [3.05, 3.63) is 42.1 Å². The van der Waals surface area contributed by atoms with Crippen LogP contribution in [0.4, 0.5) is 0 Å². The van der Waals surface area contributed by atoms with Crippen molar-refractivity contribution in [1.29, 1.82) is 0 Å². The van der Waals surface area contributed by atoms with E-state index >= 15 is 0 Å². The molecule has 2 aromatic rings. The molecule has 260 valence electrons. The smallest absolute Gasteiger partial charge is 0.283 e. The van der Waals surface area contributed by atoms with Gasteiger partial charge in [-0.1, -0.05) is 17.7 Å². The van der Waals surface area contributed by atoms with Crippen LogP contribution < -0.4 is 25.2 Å². The molecule has 16 heteroatoms. The third-order valence-corrected chi connectivity index (χ3v) is 10.5. The van der Waals surface area contributed by atoms with Gasteiger partial charge in [0.15, 0.2) is 0 Å². The number of ether oxygens (including phenoxy) is 3. The average molecular weight is 705 g/mol. The van der Waals surface area contributed by atoms with Crippen molar-refractivity contribution in [3.63, 3.8) is 0 Å². The Bertz CT molecular complexity index is 1780. The number of sulfonamides is 1. The summed E-state index contributed by atoms with van der Waals surface area (Å²) in [4.78, 5) is 51.1. The van der Waals surface area contributed by atoms with Gasteiger partial charge in [-0.05, 0) is 65.2 Å². The zero-order valence-electron chi connectivity index (χ0n) is 27.5. The highest BCUT2D eigenvalue weighted by molar-refractivity contribution is 7.91. The number of pyridine rings is 1. The summed E-state index contributed by atoms with van der Waals surface area (Å²) in [6.45, 7) is 10.6. The second kappa shape index (κ2) is 13.1. The van der Waals surface area contributed by atoms with Gasteiger partial charge >= 0.3 is 0 Å². The molecule has 4 N–H and O–H groups in total. The lowest BCUT2D eigenvalue weighted by atomic mass is 10.1. The number of amides is 3. The molecule has 2 saturated carbocycles. The van der Waals surface area contributed by atoms with Gasteiger partial charge in [0, 0.05) is 28.1 Å². The van der Waals surface area contributed by atoms with E-state index in [9.17, 15) is 22.8 Å². The van der Waals surface area contributed by atoms with Gasteiger partial charge < -0.3 is 30.2 Å². The summed E-state index contributed by atoms with van der Waals surface area (Å²) in [5, 5.41) is 3.83. The number of benzene rings is 1. The minimum absolute atomic E-state index is 0.0224. The number of aliphatic imine (C=N–C) groups is 1. The van der Waals surface area contributed by atoms with Crippen molar-refractivity contribution in [2.24, 2.45) is 16.6 Å². The Kier molecular flexibility index (Phi) is 9.58. The lowest BCUT2D eigenvalue weighted by molar-refractivity contribution is -0.140. The fourth-order valence-corrected chi connectivity index (χ4v) is 7.34. The number of nitrogens with zero attached hydrogens (tertiary/aromatic N) is 3. The molecule has 0 radical (unpaired) electrons. The van der Waals surface area contributed by atoms with E-state index in [-0.39, 0.29) is 31.3 Å². The summed E-state index contributed by atoms with van der Waals surface area (Å²) in [5.41, 5.74) is 3.77. The maximum absolute atomic E-state index is 14.0. The first-order valence-electron chi connectivity index (χ1n) is 15.6. The number of methoxy groups -OCH3 is 1. The van der Waals surface area contributed by atoms with Crippen molar-refractivity contribution >= 4 is 56.1 Å². The first-order chi connectivity index (χ1) is 22.5. The normalized spacial score (nSPS) is 24.8. The molecule has 2 aliphatic carbocycles. The third kappa shape index (κ3) is 7.46. The van der Waals surface area contributed by atoms with E-state index in [1.54, 1.807) is 39.0 Å². The molecule has 14 nitrogen and oxygen atoms in total. The number of carbonyl (C=O) groups excluding carboxylic acids is 3. The summed E-state index contributed by atoms with van der Waals surface area (Å²) in [6, 6.07) is 2.81. The van der Waals surface area contributed by atoms with Gasteiger partial charge in [0.25, 0.3) is 11.9 Å².